The van der Waals surface area contributed by atoms with E-state index < -0.39 is 29.0 Å². The highest BCUT2D eigenvalue weighted by atomic mass is 19.4. The highest BCUT2D eigenvalue weighted by Gasteiger charge is 2.39. The number of halogens is 6. The van der Waals surface area contributed by atoms with Gasteiger partial charge < -0.3 is 18.0 Å². The van der Waals surface area contributed by atoms with Gasteiger partial charge >= 0.3 is 12.4 Å². The van der Waals surface area contributed by atoms with Crippen LogP contribution in [0.1, 0.15) is 16.7 Å². The number of para-hydroxylation sites is 4. The van der Waals surface area contributed by atoms with Crippen molar-refractivity contribution in [1.82, 2.24) is 9.13 Å². The van der Waals surface area contributed by atoms with E-state index >= 15 is 0 Å². The minimum Gasteiger partial charge on any atom is -0.455 e. The molecular formula is C57H29F6N3O2. The minimum absolute atomic E-state index is 0.0340. The molecule has 0 radical (unpaired) electrons. The molecule has 0 atom stereocenters. The van der Waals surface area contributed by atoms with Gasteiger partial charge in [0.15, 0.2) is 0 Å². The van der Waals surface area contributed by atoms with E-state index in [4.69, 9.17) is 8.83 Å². The number of furan rings is 2. The molecule has 0 saturated carbocycles. The molecule has 9 aromatic carbocycles. The predicted octanol–water partition coefficient (Wildman–Crippen LogP) is 16.9. The Morgan fingerprint density at radius 1 is 0.412 bits per heavy atom. The molecule has 0 saturated heterocycles. The van der Waals surface area contributed by atoms with Crippen LogP contribution in [0.3, 0.4) is 0 Å². The van der Waals surface area contributed by atoms with E-state index in [0.717, 1.165) is 71.2 Å². The summed E-state index contributed by atoms with van der Waals surface area (Å²) in [5.74, 6) is 0. The first-order valence-corrected chi connectivity index (χ1v) is 21.6. The van der Waals surface area contributed by atoms with Gasteiger partial charge in [0.05, 0.1) is 67.0 Å². The largest absolute Gasteiger partial charge is 0.455 e. The number of fused-ring (bicyclic) bond motifs is 14. The predicted molar refractivity (Wildman–Crippen MR) is 255 cm³/mol. The lowest BCUT2D eigenvalue weighted by molar-refractivity contribution is -0.142. The Morgan fingerprint density at radius 2 is 0.941 bits per heavy atom. The molecule has 5 nitrogen and oxygen atoms in total. The summed E-state index contributed by atoms with van der Waals surface area (Å²) in [4.78, 5) is 0. The monoisotopic (exact) mass is 901 g/mol. The summed E-state index contributed by atoms with van der Waals surface area (Å²) in [5.41, 5.74) is 4.97. The van der Waals surface area contributed by atoms with Gasteiger partial charge in [-0.1, -0.05) is 91.0 Å². The average Bonchev–Trinajstić information content (AvgIpc) is 4.10. The fraction of sp³-hybridized carbons (Fsp3) is 0.0351. The number of alkyl halides is 6. The lowest BCUT2D eigenvalue weighted by Crippen LogP contribution is -2.12. The van der Waals surface area contributed by atoms with Crippen LogP contribution in [0.25, 0.3) is 121 Å². The summed E-state index contributed by atoms with van der Waals surface area (Å²) < 4.78 is 104. The highest BCUT2D eigenvalue weighted by molar-refractivity contribution is 6.25. The van der Waals surface area contributed by atoms with Crippen molar-refractivity contribution in [2.45, 2.75) is 12.4 Å². The number of hydrogen-bond acceptors (Lipinski definition) is 3. The molecule has 4 heterocycles. The molecule has 4 aromatic heterocycles. The molecule has 0 aliphatic carbocycles. The number of hydrogen-bond donors (Lipinski definition) is 0. The maximum atomic E-state index is 15.0. The second-order valence-electron chi connectivity index (χ2n) is 16.9. The topological polar surface area (TPSA) is 59.9 Å². The number of rotatable bonds is 4. The van der Waals surface area contributed by atoms with Gasteiger partial charge in [0.1, 0.15) is 22.3 Å². The molecule has 0 N–H and O–H groups in total. The molecule has 0 fully saturated rings. The summed E-state index contributed by atoms with van der Waals surface area (Å²) >= 11 is 0. The zero-order valence-corrected chi connectivity index (χ0v) is 35.2. The first-order valence-electron chi connectivity index (χ1n) is 21.6. The van der Waals surface area contributed by atoms with E-state index in [0.29, 0.717) is 56.5 Å². The molecule has 0 unspecified atom stereocenters. The maximum Gasteiger partial charge on any atom is 0.417 e. The van der Waals surface area contributed by atoms with E-state index in [9.17, 15) is 31.6 Å². The average molecular weight is 902 g/mol. The second kappa shape index (κ2) is 14.1. The van der Waals surface area contributed by atoms with E-state index in [-0.39, 0.29) is 11.6 Å². The van der Waals surface area contributed by atoms with Crippen LogP contribution >= 0.6 is 0 Å². The third kappa shape index (κ3) is 5.70. The molecular weight excluding hydrogens is 873 g/mol. The van der Waals surface area contributed by atoms with Crippen molar-refractivity contribution in [3.63, 3.8) is 0 Å². The van der Waals surface area contributed by atoms with Crippen molar-refractivity contribution in [3.8, 4) is 39.7 Å². The van der Waals surface area contributed by atoms with Gasteiger partial charge in [0, 0.05) is 43.4 Å². The molecule has 11 heteroatoms. The lowest BCUT2D eigenvalue weighted by Gasteiger charge is -2.21. The van der Waals surface area contributed by atoms with Crippen LogP contribution in [-0.2, 0) is 12.4 Å². The van der Waals surface area contributed by atoms with Gasteiger partial charge in [-0.15, -0.1) is 0 Å². The molecule has 13 rings (SSSR count). The zero-order valence-electron chi connectivity index (χ0n) is 35.2. The molecule has 13 aromatic rings. The van der Waals surface area contributed by atoms with Gasteiger partial charge in [-0.2, -0.15) is 31.6 Å². The molecule has 0 aliphatic rings. The summed E-state index contributed by atoms with van der Waals surface area (Å²) in [7, 11) is 0. The SMILES string of the molecule is N#Cc1ccc(-c2cc(-c3ccc(C(F)(F)F)cc3C(F)(F)F)ccc2-n2c3ccccc3c3c4oc5ccccc5c4ccc32)c(-n2c3ccccc3c3c4oc5ccccc5c4ccc32)c1. The van der Waals surface area contributed by atoms with Crippen molar-refractivity contribution in [2.75, 3.05) is 0 Å². The highest BCUT2D eigenvalue weighted by Crippen LogP contribution is 2.48. The lowest BCUT2D eigenvalue weighted by atomic mass is 9.92. The van der Waals surface area contributed by atoms with Crippen LogP contribution in [0.15, 0.2) is 185 Å². The fourth-order valence-corrected chi connectivity index (χ4v) is 10.3. The first kappa shape index (κ1) is 39.6. The van der Waals surface area contributed by atoms with Gasteiger partial charge in [0.25, 0.3) is 0 Å². The Hall–Kier alpha value is -8.75. The van der Waals surface area contributed by atoms with Crippen molar-refractivity contribution >= 4 is 87.5 Å². The summed E-state index contributed by atoms with van der Waals surface area (Å²) in [5, 5.41) is 17.5. The summed E-state index contributed by atoms with van der Waals surface area (Å²) in [6.07, 6.45) is -10.1. The van der Waals surface area contributed by atoms with Crippen molar-refractivity contribution in [2.24, 2.45) is 0 Å². The molecule has 0 aliphatic heterocycles. The summed E-state index contributed by atoms with van der Waals surface area (Å²) in [6.45, 7) is 0. The first-order chi connectivity index (χ1) is 33.0. The van der Waals surface area contributed by atoms with Gasteiger partial charge in [0.2, 0.25) is 0 Å². The standard InChI is InChI=1S/C57H29F6N3O2/c58-56(59,60)33-19-21-34(43(29-33)57(61,62)63)32-18-24-46(65-44-13-5-1-11-40(44)52-47(65)25-22-38-36-9-3-7-15-50(36)67-54(38)52)42(28-32)35-20-17-31(30-64)27-49(35)66-45-14-6-2-12-41(45)53-48(66)26-23-39-37-10-4-8-16-51(37)68-55(39)53/h1-29H. The summed E-state index contributed by atoms with van der Waals surface area (Å²) in [6, 6.07) is 53.2. The zero-order chi connectivity index (χ0) is 46.2. The van der Waals surface area contributed by atoms with Gasteiger partial charge in [-0.3, -0.25) is 0 Å². The normalized spacial score (nSPS) is 12.5. The molecule has 68 heavy (non-hydrogen) atoms. The molecule has 0 bridgehead atoms. The number of benzene rings is 9. The number of nitriles is 1. The Bertz CT molecular complexity index is 4330. The van der Waals surface area contributed by atoms with Crippen LogP contribution < -0.4 is 0 Å². The van der Waals surface area contributed by atoms with Gasteiger partial charge in [-0.25, -0.2) is 0 Å². The Labute approximate surface area is 380 Å². The van der Waals surface area contributed by atoms with E-state index in [1.54, 1.807) is 30.3 Å². The van der Waals surface area contributed by atoms with Crippen LogP contribution in [-0.4, -0.2) is 9.13 Å². The Balaban J connectivity index is 1.16. The fourth-order valence-electron chi connectivity index (χ4n) is 10.3. The third-order valence-corrected chi connectivity index (χ3v) is 13.2. The Morgan fingerprint density at radius 3 is 1.50 bits per heavy atom. The van der Waals surface area contributed by atoms with E-state index in [2.05, 4.69) is 6.07 Å². The number of aromatic nitrogens is 2. The maximum absolute atomic E-state index is 15.0. The van der Waals surface area contributed by atoms with Crippen LogP contribution in [0.5, 0.6) is 0 Å². The van der Waals surface area contributed by atoms with Crippen molar-refractivity contribution in [3.05, 3.63) is 193 Å². The third-order valence-electron chi connectivity index (χ3n) is 13.2. The Kier molecular flexibility index (Phi) is 8.23. The smallest absolute Gasteiger partial charge is 0.417 e. The quantitative estimate of drug-likeness (QED) is 0.165. The van der Waals surface area contributed by atoms with E-state index in [1.165, 1.54) is 6.07 Å². The van der Waals surface area contributed by atoms with Crippen molar-refractivity contribution in [1.29, 1.82) is 5.26 Å². The van der Waals surface area contributed by atoms with Crippen molar-refractivity contribution < 1.29 is 35.2 Å². The molecule has 0 amide bonds. The second-order valence-corrected chi connectivity index (χ2v) is 16.9. The van der Waals surface area contributed by atoms with Gasteiger partial charge in [-0.05, 0) is 96.1 Å². The van der Waals surface area contributed by atoms with Crippen LogP contribution in [0.2, 0.25) is 0 Å². The molecule has 326 valence electrons. The van der Waals surface area contributed by atoms with E-state index in [1.807, 2.05) is 130 Å². The minimum atomic E-state index is -5.13. The molecule has 0 spiro atoms. The van der Waals surface area contributed by atoms with Crippen LogP contribution in [0.4, 0.5) is 26.3 Å². The number of nitrogens with zero attached hydrogens (tertiary/aromatic N) is 3. The van der Waals surface area contributed by atoms with Crippen LogP contribution in [0, 0.1) is 11.3 Å².